The monoisotopic (exact) mass is 186 g/mol. The highest BCUT2D eigenvalue weighted by molar-refractivity contribution is 8.13. The molecule has 0 saturated heterocycles. The molecule has 0 aromatic carbocycles. The van der Waals surface area contributed by atoms with Crippen LogP contribution in [0.4, 0.5) is 0 Å². The Labute approximate surface area is 79.2 Å². The van der Waals surface area contributed by atoms with E-state index in [2.05, 4.69) is 10.3 Å². The molecular weight excluding hydrogens is 168 g/mol. The van der Waals surface area contributed by atoms with Gasteiger partial charge in [0.05, 0.1) is 0 Å². The second-order valence-corrected chi connectivity index (χ2v) is 4.25. The summed E-state index contributed by atoms with van der Waals surface area (Å²) in [5.74, 6) is 2.19. The van der Waals surface area contributed by atoms with E-state index in [1.54, 1.807) is 0 Å². The fourth-order valence-electron chi connectivity index (χ4n) is 1.62. The maximum atomic E-state index is 4.14. The zero-order chi connectivity index (χ0) is 8.81. The summed E-state index contributed by atoms with van der Waals surface area (Å²) in [7, 11) is 3.78. The molecular formula is C9H18N2S. The lowest BCUT2D eigenvalue weighted by atomic mass is 10.1. The number of nitrogens with zero attached hydrogens (tertiary/aromatic N) is 1. The van der Waals surface area contributed by atoms with Gasteiger partial charge in [-0.1, -0.05) is 24.6 Å². The Bertz CT molecular complexity index is 151. The lowest BCUT2D eigenvalue weighted by Gasteiger charge is -2.08. The van der Waals surface area contributed by atoms with Gasteiger partial charge in [0.2, 0.25) is 0 Å². The number of aliphatic imine (C=N–C) groups is 1. The fraction of sp³-hybridized carbons (Fsp3) is 0.889. The second-order valence-electron chi connectivity index (χ2n) is 3.24. The molecule has 70 valence electrons. The molecule has 0 aromatic heterocycles. The number of rotatable bonds is 2. The van der Waals surface area contributed by atoms with Crippen LogP contribution in [0, 0.1) is 5.92 Å². The molecule has 0 spiro atoms. The Balaban J connectivity index is 2.15. The van der Waals surface area contributed by atoms with Gasteiger partial charge in [-0.25, -0.2) is 0 Å². The highest BCUT2D eigenvalue weighted by Gasteiger charge is 2.15. The summed E-state index contributed by atoms with van der Waals surface area (Å²) in [6.45, 7) is 0. The fourth-order valence-corrected chi connectivity index (χ4v) is 2.62. The first-order chi connectivity index (χ1) is 5.86. The number of hydrogen-bond acceptors (Lipinski definition) is 2. The van der Waals surface area contributed by atoms with Gasteiger partial charge < -0.3 is 5.32 Å². The van der Waals surface area contributed by atoms with Crippen LogP contribution in [0.1, 0.15) is 25.7 Å². The Hall–Kier alpha value is -0.180. The largest absolute Gasteiger partial charge is 0.368 e. The summed E-state index contributed by atoms with van der Waals surface area (Å²) < 4.78 is 0. The molecule has 1 fully saturated rings. The maximum Gasteiger partial charge on any atom is 0.156 e. The first-order valence-electron chi connectivity index (χ1n) is 4.64. The molecule has 3 heteroatoms. The average molecular weight is 186 g/mol. The maximum absolute atomic E-state index is 4.14. The molecule has 1 aliphatic carbocycles. The lowest BCUT2D eigenvalue weighted by molar-refractivity contribution is 0.624. The van der Waals surface area contributed by atoms with Gasteiger partial charge in [-0.3, -0.25) is 4.99 Å². The summed E-state index contributed by atoms with van der Waals surface area (Å²) in [6, 6.07) is 0. The van der Waals surface area contributed by atoms with Crippen LogP contribution in [-0.2, 0) is 0 Å². The Morgan fingerprint density at radius 1 is 1.50 bits per heavy atom. The number of nitrogens with one attached hydrogen (secondary N) is 1. The van der Waals surface area contributed by atoms with Crippen molar-refractivity contribution < 1.29 is 0 Å². The van der Waals surface area contributed by atoms with Gasteiger partial charge in [-0.15, -0.1) is 0 Å². The van der Waals surface area contributed by atoms with E-state index in [-0.39, 0.29) is 0 Å². The molecule has 0 bridgehead atoms. The van der Waals surface area contributed by atoms with E-state index in [0.717, 1.165) is 11.1 Å². The third kappa shape index (κ3) is 3.05. The number of thioether (sulfide) groups is 1. The summed E-state index contributed by atoms with van der Waals surface area (Å²) in [4.78, 5) is 4.14. The summed E-state index contributed by atoms with van der Waals surface area (Å²) >= 11 is 1.86. The predicted octanol–water partition coefficient (Wildman–Crippen LogP) is 2.12. The summed E-state index contributed by atoms with van der Waals surface area (Å²) in [5, 5.41) is 4.16. The van der Waals surface area contributed by atoms with Crippen molar-refractivity contribution in [3.63, 3.8) is 0 Å². The topological polar surface area (TPSA) is 24.4 Å². The Kier molecular flexibility index (Phi) is 4.51. The van der Waals surface area contributed by atoms with Gasteiger partial charge in [-0.2, -0.15) is 0 Å². The van der Waals surface area contributed by atoms with Crippen molar-refractivity contribution in [2.75, 3.05) is 19.8 Å². The second kappa shape index (κ2) is 5.46. The molecule has 0 aromatic rings. The summed E-state index contributed by atoms with van der Waals surface area (Å²) in [6.07, 6.45) is 5.72. The van der Waals surface area contributed by atoms with Crippen molar-refractivity contribution in [3.05, 3.63) is 0 Å². The first kappa shape index (κ1) is 9.90. The van der Waals surface area contributed by atoms with Gasteiger partial charge in [0.15, 0.2) is 5.17 Å². The van der Waals surface area contributed by atoms with Crippen LogP contribution in [0.2, 0.25) is 0 Å². The third-order valence-corrected chi connectivity index (χ3v) is 3.65. The standard InChI is InChI=1S/C9H18N2S/c1-10-9(11-2)12-7-8-5-3-4-6-8/h8H,3-7H2,1-2H3,(H,10,11). The van der Waals surface area contributed by atoms with Crippen molar-refractivity contribution in [2.24, 2.45) is 10.9 Å². The van der Waals surface area contributed by atoms with Crippen LogP contribution < -0.4 is 5.32 Å². The van der Waals surface area contributed by atoms with E-state index in [4.69, 9.17) is 0 Å². The highest BCUT2D eigenvalue weighted by atomic mass is 32.2. The Morgan fingerprint density at radius 3 is 2.67 bits per heavy atom. The van der Waals surface area contributed by atoms with Crippen LogP contribution in [0.3, 0.4) is 0 Å². The van der Waals surface area contributed by atoms with Crippen molar-refractivity contribution in [3.8, 4) is 0 Å². The van der Waals surface area contributed by atoms with E-state index in [9.17, 15) is 0 Å². The molecule has 0 amide bonds. The van der Waals surface area contributed by atoms with Gasteiger partial charge in [0.1, 0.15) is 0 Å². The first-order valence-corrected chi connectivity index (χ1v) is 5.62. The van der Waals surface area contributed by atoms with E-state index in [0.29, 0.717) is 0 Å². The molecule has 1 aliphatic rings. The van der Waals surface area contributed by atoms with E-state index >= 15 is 0 Å². The van der Waals surface area contributed by atoms with Crippen LogP contribution in [0.15, 0.2) is 4.99 Å². The van der Waals surface area contributed by atoms with Gasteiger partial charge in [0.25, 0.3) is 0 Å². The third-order valence-electron chi connectivity index (χ3n) is 2.35. The van der Waals surface area contributed by atoms with Crippen LogP contribution in [-0.4, -0.2) is 25.0 Å². The van der Waals surface area contributed by atoms with Crippen molar-refractivity contribution in [2.45, 2.75) is 25.7 Å². The van der Waals surface area contributed by atoms with Crippen LogP contribution in [0.5, 0.6) is 0 Å². The minimum atomic E-state index is 0.945. The van der Waals surface area contributed by atoms with Crippen molar-refractivity contribution in [1.29, 1.82) is 0 Å². The van der Waals surface area contributed by atoms with Crippen molar-refractivity contribution in [1.82, 2.24) is 5.32 Å². The van der Waals surface area contributed by atoms with Crippen molar-refractivity contribution >= 4 is 16.9 Å². The van der Waals surface area contributed by atoms with E-state index < -0.39 is 0 Å². The number of hydrogen-bond donors (Lipinski definition) is 1. The minimum absolute atomic E-state index is 0.945. The molecule has 12 heavy (non-hydrogen) atoms. The minimum Gasteiger partial charge on any atom is -0.368 e. The smallest absolute Gasteiger partial charge is 0.156 e. The molecule has 1 saturated carbocycles. The predicted molar refractivity (Wildman–Crippen MR) is 56.8 cm³/mol. The van der Waals surface area contributed by atoms with E-state index in [1.807, 2.05) is 25.9 Å². The SMILES string of the molecule is CN=C(NC)SCC1CCCC1. The highest BCUT2D eigenvalue weighted by Crippen LogP contribution is 2.27. The zero-order valence-corrected chi connectivity index (χ0v) is 8.78. The molecule has 0 unspecified atom stereocenters. The number of amidine groups is 1. The molecule has 1 rings (SSSR count). The van der Waals surface area contributed by atoms with Gasteiger partial charge in [0, 0.05) is 19.8 Å². The lowest BCUT2D eigenvalue weighted by Crippen LogP contribution is -2.15. The molecule has 1 N–H and O–H groups in total. The molecule has 0 aliphatic heterocycles. The normalized spacial score (nSPS) is 20.0. The quantitative estimate of drug-likeness (QED) is 0.527. The Morgan fingerprint density at radius 2 is 2.17 bits per heavy atom. The molecule has 0 radical (unpaired) electrons. The van der Waals surface area contributed by atoms with E-state index in [1.165, 1.54) is 31.4 Å². The molecule has 2 nitrogen and oxygen atoms in total. The van der Waals surface area contributed by atoms with Gasteiger partial charge in [-0.05, 0) is 18.8 Å². The average Bonchev–Trinajstić information content (AvgIpc) is 2.59. The molecule has 0 heterocycles. The van der Waals surface area contributed by atoms with Crippen LogP contribution in [0.25, 0.3) is 0 Å². The molecule has 0 atom stereocenters. The van der Waals surface area contributed by atoms with Gasteiger partial charge >= 0.3 is 0 Å². The zero-order valence-electron chi connectivity index (χ0n) is 7.97. The summed E-state index contributed by atoms with van der Waals surface area (Å²) in [5.41, 5.74) is 0. The van der Waals surface area contributed by atoms with Crippen LogP contribution >= 0.6 is 11.8 Å².